The number of hydrogen-bond donors (Lipinski definition) is 3. The van der Waals surface area contributed by atoms with Gasteiger partial charge in [-0.25, -0.2) is 9.97 Å². The number of amides is 2. The van der Waals surface area contributed by atoms with Gasteiger partial charge >= 0.3 is 0 Å². The molecule has 2 aromatic heterocycles. The summed E-state index contributed by atoms with van der Waals surface area (Å²) in [4.78, 5) is 39.3. The summed E-state index contributed by atoms with van der Waals surface area (Å²) in [5.41, 5.74) is 3.75. The Kier molecular flexibility index (Phi) is 7.80. The van der Waals surface area contributed by atoms with Gasteiger partial charge in [0.2, 0.25) is 11.8 Å². The number of fused-ring (bicyclic) bond motifs is 2. The average molecular weight is 566 g/mol. The van der Waals surface area contributed by atoms with E-state index in [9.17, 15) is 9.59 Å². The Morgan fingerprint density at radius 2 is 1.64 bits per heavy atom. The number of nitrogens with zero attached hydrogens (tertiary/aromatic N) is 4. The molecular weight excluding hydrogens is 530 g/mol. The highest BCUT2D eigenvalue weighted by Gasteiger charge is 2.27. The summed E-state index contributed by atoms with van der Waals surface area (Å²) >= 11 is 3.10. The molecular formula is C28H35N7O2S2. The van der Waals surface area contributed by atoms with Gasteiger partial charge in [-0.05, 0) is 44.7 Å². The fourth-order valence-corrected chi connectivity index (χ4v) is 7.73. The topological polar surface area (TPSA) is 102 Å². The molecule has 3 aliphatic rings. The maximum atomic E-state index is 12.9. The molecule has 2 aliphatic carbocycles. The summed E-state index contributed by atoms with van der Waals surface area (Å²) < 4.78 is 2.11. The number of rotatable bonds is 8. The second-order valence-electron chi connectivity index (χ2n) is 10.5. The molecule has 206 valence electrons. The van der Waals surface area contributed by atoms with E-state index in [4.69, 9.17) is 9.97 Å². The minimum absolute atomic E-state index is 0.0730. The number of anilines is 2. The Balaban J connectivity index is 1.04. The summed E-state index contributed by atoms with van der Waals surface area (Å²) in [5, 5.41) is 10.9. The molecule has 1 saturated heterocycles. The van der Waals surface area contributed by atoms with Crippen molar-refractivity contribution in [2.24, 2.45) is 0 Å². The first-order chi connectivity index (χ1) is 19.0. The van der Waals surface area contributed by atoms with Crippen LogP contribution in [0.2, 0.25) is 0 Å². The van der Waals surface area contributed by atoms with Crippen molar-refractivity contribution in [3.8, 4) is 0 Å². The zero-order valence-corrected chi connectivity index (χ0v) is 23.9. The lowest BCUT2D eigenvalue weighted by Gasteiger charge is -2.38. The molecule has 2 fully saturated rings. The van der Waals surface area contributed by atoms with Crippen LogP contribution in [-0.4, -0.2) is 76.9 Å². The molecule has 3 aromatic rings. The van der Waals surface area contributed by atoms with Crippen LogP contribution in [0.3, 0.4) is 0 Å². The fourth-order valence-electron chi connectivity index (χ4n) is 5.73. The van der Waals surface area contributed by atoms with E-state index in [1.165, 1.54) is 37.0 Å². The predicted octanol–water partition coefficient (Wildman–Crippen LogP) is 4.48. The van der Waals surface area contributed by atoms with Crippen molar-refractivity contribution in [3.63, 3.8) is 0 Å². The number of aromatic nitrogens is 2. The Morgan fingerprint density at radius 3 is 2.28 bits per heavy atom. The molecule has 0 bridgehead atoms. The predicted molar refractivity (Wildman–Crippen MR) is 160 cm³/mol. The van der Waals surface area contributed by atoms with Crippen molar-refractivity contribution in [1.82, 2.24) is 25.1 Å². The van der Waals surface area contributed by atoms with E-state index in [-0.39, 0.29) is 24.9 Å². The van der Waals surface area contributed by atoms with Crippen LogP contribution in [0, 0.1) is 6.92 Å². The fraction of sp³-hybridized carbons (Fsp3) is 0.500. The lowest BCUT2D eigenvalue weighted by atomic mass is 10.1. The molecule has 2 amide bonds. The van der Waals surface area contributed by atoms with Crippen LogP contribution in [0.5, 0.6) is 0 Å². The lowest BCUT2D eigenvalue weighted by Crippen LogP contribution is -2.52. The first kappa shape index (κ1) is 26.2. The van der Waals surface area contributed by atoms with Crippen LogP contribution >= 0.6 is 22.7 Å². The first-order valence-electron chi connectivity index (χ1n) is 13.9. The van der Waals surface area contributed by atoms with E-state index < -0.39 is 0 Å². The zero-order chi connectivity index (χ0) is 26.8. The smallest absolute Gasteiger partial charge is 0.243 e. The van der Waals surface area contributed by atoms with Crippen LogP contribution in [0.1, 0.15) is 44.1 Å². The van der Waals surface area contributed by atoms with Gasteiger partial charge in [-0.1, -0.05) is 47.7 Å². The van der Waals surface area contributed by atoms with Gasteiger partial charge in [0, 0.05) is 43.5 Å². The molecule has 1 aliphatic heterocycles. The number of benzene rings is 1. The third-order valence-electron chi connectivity index (χ3n) is 7.89. The Labute approximate surface area is 236 Å². The van der Waals surface area contributed by atoms with Gasteiger partial charge in [-0.3, -0.25) is 14.5 Å². The highest BCUT2D eigenvalue weighted by atomic mass is 32.1. The summed E-state index contributed by atoms with van der Waals surface area (Å²) in [7, 11) is 0. The minimum Gasteiger partial charge on any atom is -0.352 e. The average Bonchev–Trinajstić information content (AvgIpc) is 3.72. The number of piperazine rings is 1. The highest BCUT2D eigenvalue weighted by Crippen LogP contribution is 2.37. The quantitative estimate of drug-likeness (QED) is 0.370. The maximum Gasteiger partial charge on any atom is 0.243 e. The molecule has 6 rings (SSSR count). The van der Waals surface area contributed by atoms with Crippen molar-refractivity contribution in [3.05, 3.63) is 35.6 Å². The number of hydrogen-bond acceptors (Lipinski definition) is 9. The summed E-state index contributed by atoms with van der Waals surface area (Å²) in [6.07, 6.45) is 13.1. The number of aryl methyl sites for hydroxylation is 1. The standard InChI is InChI=1S/C28H35N7O2S2/c1-18-25-21(38-27(32-25)29-16-23(36)31-19-7-3-2-4-8-19)15-22-26(18)33-28(39-22)30-17-24(37)35-13-11-34(12-14-35)20-9-5-6-10-20/h2-3,7,15,20H,4-6,8-14,16-17H2,1H3,(H,29,32)(H,30,33)(H,31,36). The molecule has 0 unspecified atom stereocenters. The normalized spacial score (nSPS) is 18.6. The van der Waals surface area contributed by atoms with Gasteiger partial charge in [0.25, 0.3) is 0 Å². The van der Waals surface area contributed by atoms with Crippen LogP contribution in [0.15, 0.2) is 30.0 Å². The number of allylic oxidation sites excluding steroid dienone is 4. The maximum absolute atomic E-state index is 12.9. The number of thiazole rings is 2. The van der Waals surface area contributed by atoms with Crippen molar-refractivity contribution in [1.29, 1.82) is 0 Å². The van der Waals surface area contributed by atoms with Crippen LogP contribution in [0.25, 0.3) is 20.4 Å². The molecule has 0 atom stereocenters. The Bertz CT molecular complexity index is 1430. The molecule has 39 heavy (non-hydrogen) atoms. The molecule has 9 nitrogen and oxygen atoms in total. The number of carbonyl (C=O) groups excluding carboxylic acids is 2. The second kappa shape index (κ2) is 11.6. The molecule has 1 aromatic carbocycles. The van der Waals surface area contributed by atoms with Gasteiger partial charge in [0.1, 0.15) is 0 Å². The molecule has 3 heterocycles. The van der Waals surface area contributed by atoms with Crippen LogP contribution < -0.4 is 16.0 Å². The van der Waals surface area contributed by atoms with Gasteiger partial charge in [-0.2, -0.15) is 0 Å². The van der Waals surface area contributed by atoms with Crippen molar-refractivity contribution in [2.45, 2.75) is 51.5 Å². The van der Waals surface area contributed by atoms with E-state index in [2.05, 4.69) is 33.0 Å². The largest absolute Gasteiger partial charge is 0.352 e. The molecule has 1 saturated carbocycles. The SMILES string of the molecule is Cc1c2nc(NCC(=O)NC3=CC=CCC3)sc2cc2sc(NCC(=O)N3CCN(C4CCCC4)CC3)nc12. The van der Waals surface area contributed by atoms with E-state index >= 15 is 0 Å². The number of nitrogens with one attached hydrogen (secondary N) is 3. The summed E-state index contributed by atoms with van der Waals surface area (Å²) in [6.45, 7) is 6.05. The van der Waals surface area contributed by atoms with Gasteiger partial charge in [-0.15, -0.1) is 0 Å². The molecule has 0 spiro atoms. The van der Waals surface area contributed by atoms with Gasteiger partial charge in [0.05, 0.1) is 33.5 Å². The first-order valence-corrected chi connectivity index (χ1v) is 15.5. The van der Waals surface area contributed by atoms with Crippen molar-refractivity contribution < 1.29 is 9.59 Å². The molecule has 0 radical (unpaired) electrons. The molecule has 3 N–H and O–H groups in total. The monoisotopic (exact) mass is 565 g/mol. The summed E-state index contributed by atoms with van der Waals surface area (Å²) in [6, 6.07) is 2.83. The molecule has 11 heteroatoms. The van der Waals surface area contributed by atoms with Gasteiger partial charge in [0.15, 0.2) is 10.3 Å². The van der Waals surface area contributed by atoms with Crippen LogP contribution in [0.4, 0.5) is 10.3 Å². The van der Waals surface area contributed by atoms with E-state index in [1.54, 1.807) is 11.3 Å². The third-order valence-corrected chi connectivity index (χ3v) is 9.81. The third kappa shape index (κ3) is 5.95. The highest BCUT2D eigenvalue weighted by molar-refractivity contribution is 7.24. The van der Waals surface area contributed by atoms with E-state index in [0.717, 1.165) is 87.0 Å². The van der Waals surface area contributed by atoms with Crippen molar-refractivity contribution >= 4 is 65.2 Å². The minimum atomic E-state index is -0.0730. The van der Waals surface area contributed by atoms with Gasteiger partial charge < -0.3 is 20.9 Å². The Hall–Kier alpha value is -3.02. The number of carbonyl (C=O) groups is 2. The van der Waals surface area contributed by atoms with E-state index in [0.29, 0.717) is 0 Å². The summed E-state index contributed by atoms with van der Waals surface area (Å²) in [5.74, 6) is 0.0619. The Morgan fingerprint density at radius 1 is 0.974 bits per heavy atom. The van der Waals surface area contributed by atoms with E-state index in [1.807, 2.05) is 24.0 Å². The van der Waals surface area contributed by atoms with Crippen LogP contribution in [-0.2, 0) is 9.59 Å². The zero-order valence-electron chi connectivity index (χ0n) is 22.3. The second-order valence-corrected chi connectivity index (χ2v) is 12.6. The lowest BCUT2D eigenvalue weighted by molar-refractivity contribution is -0.131. The van der Waals surface area contributed by atoms with Crippen molar-refractivity contribution in [2.75, 3.05) is 49.9 Å².